The molecule has 4 amide bonds. The monoisotopic (exact) mass is 455 g/mol. The molecule has 0 saturated carbocycles. The van der Waals surface area contributed by atoms with Crippen LogP contribution in [0.5, 0.6) is 11.5 Å². The lowest BCUT2D eigenvalue weighted by Crippen LogP contribution is -2.32. The molecule has 0 atom stereocenters. The second-order valence-electron chi connectivity index (χ2n) is 6.89. The van der Waals surface area contributed by atoms with Gasteiger partial charge in [0, 0.05) is 18.3 Å². The lowest BCUT2D eigenvalue weighted by atomic mass is 10.1. The molecule has 0 bridgehead atoms. The third-order valence-electron chi connectivity index (χ3n) is 4.78. The number of imide groups is 1. The number of hydrogen-bond donors (Lipinski definition) is 2. The standard InChI is InChI=1S/C22H21N3O8/c1-25-21(29)14-6-5-13(9-15(14)22(25)30)24-18(26)11-33-19(27)10-23-20(28)12-4-7-16(31-2)17(8-12)32-3/h4-9H,10-11H2,1-3H3,(H,23,28)(H,24,26). The lowest BCUT2D eigenvalue weighted by molar-refractivity contribution is -0.146. The number of amides is 4. The van der Waals surface area contributed by atoms with Crippen LogP contribution >= 0.6 is 0 Å². The molecule has 1 aliphatic rings. The molecule has 2 aromatic rings. The van der Waals surface area contributed by atoms with E-state index in [1.807, 2.05) is 0 Å². The van der Waals surface area contributed by atoms with Crippen LogP contribution in [0.1, 0.15) is 31.1 Å². The van der Waals surface area contributed by atoms with E-state index in [4.69, 9.17) is 14.2 Å². The predicted molar refractivity (Wildman–Crippen MR) is 114 cm³/mol. The van der Waals surface area contributed by atoms with E-state index in [2.05, 4.69) is 10.6 Å². The normalized spacial score (nSPS) is 12.2. The first-order valence-corrected chi connectivity index (χ1v) is 9.67. The van der Waals surface area contributed by atoms with E-state index >= 15 is 0 Å². The second kappa shape index (κ2) is 9.81. The Kier molecular flexibility index (Phi) is 6.91. The van der Waals surface area contributed by atoms with E-state index in [0.29, 0.717) is 11.5 Å². The summed E-state index contributed by atoms with van der Waals surface area (Å²) >= 11 is 0. The fourth-order valence-electron chi connectivity index (χ4n) is 3.07. The summed E-state index contributed by atoms with van der Waals surface area (Å²) in [5.41, 5.74) is 0.939. The maximum absolute atomic E-state index is 12.2. The van der Waals surface area contributed by atoms with Crippen molar-refractivity contribution in [1.82, 2.24) is 10.2 Å². The Morgan fingerprint density at radius 2 is 1.61 bits per heavy atom. The Morgan fingerprint density at radius 3 is 2.30 bits per heavy atom. The average Bonchev–Trinajstić information content (AvgIpc) is 3.04. The summed E-state index contributed by atoms with van der Waals surface area (Å²) in [4.78, 5) is 61.1. The Labute approximate surface area is 188 Å². The number of benzene rings is 2. The SMILES string of the molecule is COc1ccc(C(=O)NCC(=O)OCC(=O)Nc2ccc3c(c2)C(=O)N(C)C3=O)cc1OC. The van der Waals surface area contributed by atoms with Crippen LogP contribution in [0.2, 0.25) is 0 Å². The van der Waals surface area contributed by atoms with Gasteiger partial charge < -0.3 is 24.8 Å². The molecule has 1 heterocycles. The maximum atomic E-state index is 12.2. The molecule has 33 heavy (non-hydrogen) atoms. The zero-order chi connectivity index (χ0) is 24.1. The molecule has 0 saturated heterocycles. The van der Waals surface area contributed by atoms with Crippen molar-refractivity contribution in [2.75, 3.05) is 39.7 Å². The van der Waals surface area contributed by atoms with Crippen molar-refractivity contribution in [3.05, 3.63) is 53.1 Å². The summed E-state index contributed by atoms with van der Waals surface area (Å²) in [6.07, 6.45) is 0. The molecule has 2 aromatic carbocycles. The molecule has 0 radical (unpaired) electrons. The van der Waals surface area contributed by atoms with Crippen molar-refractivity contribution >= 4 is 35.3 Å². The van der Waals surface area contributed by atoms with Gasteiger partial charge in [-0.05, 0) is 36.4 Å². The number of rotatable bonds is 8. The van der Waals surface area contributed by atoms with Crippen LogP contribution in [0.3, 0.4) is 0 Å². The number of carbonyl (C=O) groups excluding carboxylic acids is 5. The van der Waals surface area contributed by atoms with Crippen LogP contribution in [0.4, 0.5) is 5.69 Å². The molecule has 0 unspecified atom stereocenters. The van der Waals surface area contributed by atoms with Crippen LogP contribution in [0.15, 0.2) is 36.4 Å². The van der Waals surface area contributed by atoms with E-state index in [1.165, 1.54) is 51.6 Å². The number of anilines is 1. The van der Waals surface area contributed by atoms with Crippen LogP contribution in [-0.2, 0) is 14.3 Å². The van der Waals surface area contributed by atoms with E-state index in [9.17, 15) is 24.0 Å². The van der Waals surface area contributed by atoms with Crippen molar-refractivity contribution in [2.24, 2.45) is 0 Å². The Morgan fingerprint density at radius 1 is 0.909 bits per heavy atom. The van der Waals surface area contributed by atoms with Gasteiger partial charge >= 0.3 is 5.97 Å². The number of hydrogen-bond acceptors (Lipinski definition) is 8. The molecule has 0 aromatic heterocycles. The molecule has 0 spiro atoms. The first-order chi connectivity index (χ1) is 15.7. The molecule has 3 rings (SSSR count). The molecule has 172 valence electrons. The number of methoxy groups -OCH3 is 2. The summed E-state index contributed by atoms with van der Waals surface area (Å²) in [5, 5.41) is 4.87. The fourth-order valence-corrected chi connectivity index (χ4v) is 3.07. The quantitative estimate of drug-likeness (QED) is 0.441. The summed E-state index contributed by atoms with van der Waals surface area (Å²) < 4.78 is 15.1. The van der Waals surface area contributed by atoms with E-state index in [-0.39, 0.29) is 22.4 Å². The van der Waals surface area contributed by atoms with Gasteiger partial charge in [0.25, 0.3) is 23.6 Å². The predicted octanol–water partition coefficient (Wildman–Crippen LogP) is 0.841. The van der Waals surface area contributed by atoms with Crippen LogP contribution in [-0.4, -0.2) is 68.9 Å². The van der Waals surface area contributed by atoms with Gasteiger partial charge in [-0.1, -0.05) is 0 Å². The molecular weight excluding hydrogens is 434 g/mol. The Balaban J connectivity index is 1.48. The highest BCUT2D eigenvalue weighted by Crippen LogP contribution is 2.27. The molecule has 0 aliphatic carbocycles. The first-order valence-electron chi connectivity index (χ1n) is 9.67. The van der Waals surface area contributed by atoms with E-state index in [1.54, 1.807) is 6.07 Å². The fraction of sp³-hybridized carbons (Fsp3) is 0.227. The zero-order valence-corrected chi connectivity index (χ0v) is 18.1. The molecular formula is C22H21N3O8. The smallest absolute Gasteiger partial charge is 0.325 e. The number of fused-ring (bicyclic) bond motifs is 1. The molecule has 2 N–H and O–H groups in total. The van der Waals surface area contributed by atoms with Gasteiger partial charge in [0.05, 0.1) is 25.3 Å². The molecule has 0 fully saturated rings. The maximum Gasteiger partial charge on any atom is 0.325 e. The van der Waals surface area contributed by atoms with Gasteiger partial charge in [-0.25, -0.2) is 0 Å². The first kappa shape index (κ1) is 23.3. The lowest BCUT2D eigenvalue weighted by Gasteiger charge is -2.10. The molecule has 1 aliphatic heterocycles. The van der Waals surface area contributed by atoms with Gasteiger partial charge in [0.15, 0.2) is 18.1 Å². The van der Waals surface area contributed by atoms with Crippen molar-refractivity contribution < 1.29 is 38.2 Å². The minimum atomic E-state index is -0.824. The average molecular weight is 455 g/mol. The van der Waals surface area contributed by atoms with Crippen molar-refractivity contribution in [3.63, 3.8) is 0 Å². The summed E-state index contributed by atoms with van der Waals surface area (Å²) in [5.74, 6) is -2.10. The van der Waals surface area contributed by atoms with Crippen molar-refractivity contribution in [1.29, 1.82) is 0 Å². The number of ether oxygens (including phenoxy) is 3. The van der Waals surface area contributed by atoms with E-state index < -0.39 is 42.7 Å². The van der Waals surface area contributed by atoms with Crippen molar-refractivity contribution in [3.8, 4) is 11.5 Å². The number of esters is 1. The molecule has 11 nitrogen and oxygen atoms in total. The van der Waals surface area contributed by atoms with Gasteiger partial charge in [-0.3, -0.25) is 28.9 Å². The zero-order valence-electron chi connectivity index (χ0n) is 18.1. The largest absolute Gasteiger partial charge is 0.493 e. The van der Waals surface area contributed by atoms with Crippen LogP contribution < -0.4 is 20.1 Å². The minimum absolute atomic E-state index is 0.176. The Hall–Kier alpha value is -4.41. The third kappa shape index (κ3) is 5.09. The highest BCUT2D eigenvalue weighted by molar-refractivity contribution is 6.21. The molecule has 11 heteroatoms. The second-order valence-corrected chi connectivity index (χ2v) is 6.89. The summed E-state index contributed by atoms with van der Waals surface area (Å²) in [7, 11) is 4.26. The minimum Gasteiger partial charge on any atom is -0.493 e. The van der Waals surface area contributed by atoms with Gasteiger partial charge in [0.2, 0.25) is 0 Å². The van der Waals surface area contributed by atoms with Crippen LogP contribution in [0.25, 0.3) is 0 Å². The number of nitrogens with zero attached hydrogens (tertiary/aromatic N) is 1. The van der Waals surface area contributed by atoms with Crippen LogP contribution in [0, 0.1) is 0 Å². The van der Waals surface area contributed by atoms with Crippen molar-refractivity contribution in [2.45, 2.75) is 0 Å². The highest BCUT2D eigenvalue weighted by atomic mass is 16.5. The number of nitrogens with one attached hydrogen (secondary N) is 2. The summed E-state index contributed by atoms with van der Waals surface area (Å²) in [6.45, 7) is -1.06. The van der Waals surface area contributed by atoms with Gasteiger partial charge in [-0.2, -0.15) is 0 Å². The van der Waals surface area contributed by atoms with Gasteiger partial charge in [-0.15, -0.1) is 0 Å². The number of carbonyl (C=O) groups is 5. The Bertz CT molecular complexity index is 1140. The topological polar surface area (TPSA) is 140 Å². The van der Waals surface area contributed by atoms with Gasteiger partial charge in [0.1, 0.15) is 6.54 Å². The van der Waals surface area contributed by atoms with E-state index in [0.717, 1.165) is 4.90 Å². The summed E-state index contributed by atoms with van der Waals surface area (Å²) in [6, 6.07) is 8.79. The highest BCUT2D eigenvalue weighted by Gasteiger charge is 2.32. The third-order valence-corrected chi connectivity index (χ3v) is 4.78.